The van der Waals surface area contributed by atoms with Gasteiger partial charge >= 0.3 is 0 Å². The van der Waals surface area contributed by atoms with Crippen LogP contribution < -0.4 is 5.43 Å². The molecule has 1 amide bonds. The molecule has 1 aliphatic rings. The number of nitrogens with zero attached hydrogens (tertiary/aromatic N) is 2. The number of hydrogen-bond donors (Lipinski definition) is 1. The fourth-order valence-corrected chi connectivity index (χ4v) is 4.35. The first-order chi connectivity index (χ1) is 13.7. The number of hydrogen-bond acceptors (Lipinski definition) is 4. The molecule has 6 heteroatoms. The Bertz CT molecular complexity index is 891. The van der Waals surface area contributed by atoms with E-state index in [-0.39, 0.29) is 11.9 Å². The number of amides is 1. The van der Waals surface area contributed by atoms with Gasteiger partial charge in [0.15, 0.2) is 0 Å². The van der Waals surface area contributed by atoms with Crippen LogP contribution in [-0.4, -0.2) is 42.0 Å². The molecule has 0 saturated carbocycles. The van der Waals surface area contributed by atoms with E-state index >= 15 is 0 Å². The van der Waals surface area contributed by atoms with Gasteiger partial charge in [-0.2, -0.15) is 11.3 Å². The van der Waals surface area contributed by atoms with Crippen molar-refractivity contribution in [2.24, 2.45) is 0 Å². The van der Waals surface area contributed by atoms with Gasteiger partial charge in [-0.25, -0.2) is 5.01 Å². The summed E-state index contributed by atoms with van der Waals surface area (Å²) in [4.78, 5) is 14.8. The molecule has 1 aromatic heterocycles. The molecule has 28 heavy (non-hydrogen) atoms. The van der Waals surface area contributed by atoms with E-state index < -0.39 is 0 Å². The van der Waals surface area contributed by atoms with Crippen LogP contribution in [0.3, 0.4) is 0 Å². The molecule has 3 aromatic rings. The first-order valence-corrected chi connectivity index (χ1v) is 10.7. The molecule has 1 unspecified atom stereocenters. The van der Waals surface area contributed by atoms with Crippen molar-refractivity contribution in [3.05, 3.63) is 93.1 Å². The molecule has 0 spiro atoms. The smallest absolute Gasteiger partial charge is 0.266 e. The van der Waals surface area contributed by atoms with Crippen molar-refractivity contribution in [3.8, 4) is 0 Å². The number of carbonyl (C=O) groups is 1. The Kier molecular flexibility index (Phi) is 6.07. The summed E-state index contributed by atoms with van der Waals surface area (Å²) in [6, 6.07) is 20.7. The van der Waals surface area contributed by atoms with E-state index in [9.17, 15) is 4.79 Å². The van der Waals surface area contributed by atoms with Crippen LogP contribution >= 0.6 is 22.9 Å². The number of hydrazine groups is 1. The molecule has 1 N–H and O–H groups in total. The van der Waals surface area contributed by atoms with E-state index in [4.69, 9.17) is 11.6 Å². The van der Waals surface area contributed by atoms with Crippen LogP contribution in [-0.2, 0) is 0 Å². The van der Waals surface area contributed by atoms with Crippen LogP contribution in [0.25, 0.3) is 0 Å². The number of thiophene rings is 1. The second-order valence-electron chi connectivity index (χ2n) is 6.84. The number of nitrogens with one attached hydrogen (secondary N) is 1. The Morgan fingerprint density at radius 2 is 1.61 bits per heavy atom. The Hall–Kier alpha value is -2.18. The minimum Gasteiger partial charge on any atom is -0.290 e. The monoisotopic (exact) mass is 411 g/mol. The average molecular weight is 412 g/mol. The van der Waals surface area contributed by atoms with E-state index in [0.29, 0.717) is 0 Å². The van der Waals surface area contributed by atoms with Crippen molar-refractivity contribution in [2.45, 2.75) is 6.04 Å². The molecule has 0 bridgehead atoms. The predicted octanol–water partition coefficient (Wildman–Crippen LogP) is 4.45. The van der Waals surface area contributed by atoms with E-state index in [1.54, 1.807) is 0 Å². The standard InChI is InChI=1S/C22H22ClN3OS/c23-20-8-6-18(7-9-20)21(17-4-2-1-3-5-17)25-11-13-26(14-12-25)24-22(27)19-10-15-28-16-19/h1-10,15-16,21H,11-14H2,(H,24,27). The van der Waals surface area contributed by atoms with Crippen molar-refractivity contribution in [1.29, 1.82) is 0 Å². The van der Waals surface area contributed by atoms with E-state index in [1.165, 1.54) is 22.5 Å². The lowest BCUT2D eigenvalue weighted by Crippen LogP contribution is -2.54. The normalized spacial score (nSPS) is 16.6. The SMILES string of the molecule is O=C(NN1CCN(C(c2ccccc2)c2ccc(Cl)cc2)CC1)c1ccsc1. The zero-order valence-corrected chi connectivity index (χ0v) is 17.0. The molecule has 4 nitrogen and oxygen atoms in total. The third-order valence-electron chi connectivity index (χ3n) is 5.02. The lowest BCUT2D eigenvalue weighted by molar-refractivity contribution is 0.0554. The average Bonchev–Trinajstić information content (AvgIpc) is 3.27. The van der Waals surface area contributed by atoms with Gasteiger partial charge in [-0.3, -0.25) is 15.1 Å². The van der Waals surface area contributed by atoms with Gasteiger partial charge in [0.2, 0.25) is 0 Å². The minimum atomic E-state index is -0.0352. The van der Waals surface area contributed by atoms with Crippen LogP contribution in [0.1, 0.15) is 27.5 Å². The van der Waals surface area contributed by atoms with E-state index in [0.717, 1.165) is 36.8 Å². The van der Waals surface area contributed by atoms with Gasteiger partial charge in [0.05, 0.1) is 11.6 Å². The topological polar surface area (TPSA) is 35.6 Å². The third-order valence-corrected chi connectivity index (χ3v) is 5.96. The number of rotatable bonds is 5. The highest BCUT2D eigenvalue weighted by atomic mass is 35.5. The van der Waals surface area contributed by atoms with Crippen molar-refractivity contribution in [1.82, 2.24) is 15.3 Å². The summed E-state index contributed by atoms with van der Waals surface area (Å²) in [5, 5.41) is 6.55. The lowest BCUT2D eigenvalue weighted by Gasteiger charge is -2.39. The van der Waals surface area contributed by atoms with Crippen LogP contribution in [0.5, 0.6) is 0 Å². The molecular formula is C22H22ClN3OS. The van der Waals surface area contributed by atoms with Crippen LogP contribution in [0, 0.1) is 0 Å². The van der Waals surface area contributed by atoms with Gasteiger partial charge in [-0.1, -0.05) is 54.1 Å². The Morgan fingerprint density at radius 1 is 0.929 bits per heavy atom. The van der Waals surface area contributed by atoms with Crippen molar-refractivity contribution in [2.75, 3.05) is 26.2 Å². The summed E-state index contributed by atoms with van der Waals surface area (Å²) in [7, 11) is 0. The highest BCUT2D eigenvalue weighted by Crippen LogP contribution is 2.30. The quantitative estimate of drug-likeness (QED) is 0.673. The molecule has 1 saturated heterocycles. The summed E-state index contributed by atoms with van der Waals surface area (Å²) in [5.74, 6) is -0.0352. The molecule has 144 valence electrons. The zero-order chi connectivity index (χ0) is 19.3. The highest BCUT2D eigenvalue weighted by molar-refractivity contribution is 7.08. The fraction of sp³-hybridized carbons (Fsp3) is 0.227. The molecule has 0 aliphatic carbocycles. The van der Waals surface area contributed by atoms with Gasteiger partial charge in [0, 0.05) is 36.6 Å². The van der Waals surface area contributed by atoms with Crippen molar-refractivity contribution in [3.63, 3.8) is 0 Å². The first-order valence-electron chi connectivity index (χ1n) is 9.33. The van der Waals surface area contributed by atoms with Gasteiger partial charge in [0.1, 0.15) is 0 Å². The minimum absolute atomic E-state index is 0.0352. The number of carbonyl (C=O) groups excluding carboxylic acids is 1. The maximum Gasteiger partial charge on any atom is 0.266 e. The Morgan fingerprint density at radius 3 is 2.25 bits per heavy atom. The van der Waals surface area contributed by atoms with Crippen molar-refractivity contribution >= 4 is 28.8 Å². The highest BCUT2D eigenvalue weighted by Gasteiger charge is 2.27. The number of halogens is 1. The van der Waals surface area contributed by atoms with Crippen LogP contribution in [0.15, 0.2) is 71.4 Å². The lowest BCUT2D eigenvalue weighted by atomic mass is 9.96. The maximum absolute atomic E-state index is 12.3. The van der Waals surface area contributed by atoms with Gasteiger partial charge in [-0.05, 0) is 34.7 Å². The Balaban J connectivity index is 1.46. The van der Waals surface area contributed by atoms with Crippen LogP contribution in [0.4, 0.5) is 0 Å². The summed E-state index contributed by atoms with van der Waals surface area (Å²) in [6.07, 6.45) is 0. The summed E-state index contributed by atoms with van der Waals surface area (Å²) in [5.41, 5.74) is 6.24. The van der Waals surface area contributed by atoms with Crippen molar-refractivity contribution < 1.29 is 4.79 Å². The summed E-state index contributed by atoms with van der Waals surface area (Å²) in [6.45, 7) is 3.30. The molecule has 4 rings (SSSR count). The molecule has 1 aliphatic heterocycles. The molecule has 1 fully saturated rings. The fourth-order valence-electron chi connectivity index (χ4n) is 3.59. The van der Waals surface area contributed by atoms with Gasteiger partial charge < -0.3 is 0 Å². The summed E-state index contributed by atoms with van der Waals surface area (Å²) >= 11 is 7.63. The molecular weight excluding hydrogens is 390 g/mol. The maximum atomic E-state index is 12.3. The second kappa shape index (κ2) is 8.88. The second-order valence-corrected chi connectivity index (χ2v) is 8.06. The summed E-state index contributed by atoms with van der Waals surface area (Å²) < 4.78 is 0. The van der Waals surface area contributed by atoms with Gasteiger partial charge in [-0.15, -0.1) is 0 Å². The first kappa shape index (κ1) is 19.2. The predicted molar refractivity (Wildman–Crippen MR) is 115 cm³/mol. The van der Waals surface area contributed by atoms with E-state index in [2.05, 4.69) is 46.7 Å². The third kappa shape index (κ3) is 4.45. The van der Waals surface area contributed by atoms with Crippen LogP contribution in [0.2, 0.25) is 5.02 Å². The zero-order valence-electron chi connectivity index (χ0n) is 15.4. The Labute approximate surface area is 174 Å². The number of benzene rings is 2. The number of piperazine rings is 1. The van der Waals surface area contributed by atoms with E-state index in [1.807, 2.05) is 40.0 Å². The molecule has 1 atom stereocenters. The molecule has 0 radical (unpaired) electrons. The van der Waals surface area contributed by atoms with Gasteiger partial charge in [0.25, 0.3) is 5.91 Å². The molecule has 2 aromatic carbocycles. The molecule has 2 heterocycles. The largest absolute Gasteiger partial charge is 0.290 e.